The second-order valence-corrected chi connectivity index (χ2v) is 4.72. The van der Waals surface area contributed by atoms with Crippen molar-refractivity contribution in [3.8, 4) is 0 Å². The molecule has 0 unspecified atom stereocenters. The van der Waals surface area contributed by atoms with Crippen molar-refractivity contribution in [1.82, 2.24) is 4.90 Å². The van der Waals surface area contributed by atoms with E-state index in [2.05, 4.69) is 0 Å². The van der Waals surface area contributed by atoms with Crippen molar-refractivity contribution in [2.75, 3.05) is 12.8 Å². The Morgan fingerprint density at radius 3 is 2.47 bits per heavy atom. The van der Waals surface area contributed by atoms with Crippen LogP contribution in [0.5, 0.6) is 0 Å². The van der Waals surface area contributed by atoms with Crippen LogP contribution in [0.1, 0.15) is 21.5 Å². The van der Waals surface area contributed by atoms with Crippen molar-refractivity contribution in [1.29, 1.82) is 0 Å². The maximum Gasteiger partial charge on any atom is 0.254 e. The van der Waals surface area contributed by atoms with Gasteiger partial charge in [0.25, 0.3) is 5.91 Å². The van der Waals surface area contributed by atoms with Gasteiger partial charge >= 0.3 is 0 Å². The smallest absolute Gasteiger partial charge is 0.254 e. The first-order valence-corrected chi connectivity index (χ1v) is 6.23. The summed E-state index contributed by atoms with van der Waals surface area (Å²) in [7, 11) is 1.81. The molecule has 0 aliphatic heterocycles. The summed E-state index contributed by atoms with van der Waals surface area (Å²) in [6.45, 7) is 2.50. The molecule has 2 aromatic rings. The molecule has 0 aliphatic rings. The van der Waals surface area contributed by atoms with Crippen molar-refractivity contribution >= 4 is 11.6 Å². The molecule has 0 radical (unpaired) electrons. The van der Waals surface area contributed by atoms with E-state index in [0.29, 0.717) is 17.8 Å². The lowest BCUT2D eigenvalue weighted by Crippen LogP contribution is -2.26. The number of nitrogen functional groups attached to an aromatic ring is 1. The van der Waals surface area contributed by atoms with Gasteiger partial charge in [-0.2, -0.15) is 0 Å². The summed E-state index contributed by atoms with van der Waals surface area (Å²) in [5.41, 5.74) is 9.11. The molecule has 0 atom stereocenters. The van der Waals surface area contributed by atoms with Gasteiger partial charge in [-0.1, -0.05) is 30.3 Å². The molecule has 0 bridgehead atoms. The van der Waals surface area contributed by atoms with Crippen LogP contribution in [0.4, 0.5) is 5.69 Å². The Labute approximate surface area is 113 Å². The average Bonchev–Trinajstić information content (AvgIpc) is 2.39. The van der Waals surface area contributed by atoms with Crippen LogP contribution < -0.4 is 5.73 Å². The topological polar surface area (TPSA) is 46.3 Å². The second-order valence-electron chi connectivity index (χ2n) is 4.72. The third kappa shape index (κ3) is 3.13. The molecule has 2 aromatic carbocycles. The monoisotopic (exact) mass is 254 g/mol. The summed E-state index contributed by atoms with van der Waals surface area (Å²) >= 11 is 0. The van der Waals surface area contributed by atoms with Gasteiger partial charge in [0.15, 0.2) is 0 Å². The molecule has 3 nitrogen and oxygen atoms in total. The Morgan fingerprint density at radius 1 is 1.16 bits per heavy atom. The van der Waals surface area contributed by atoms with Crippen LogP contribution in [0, 0.1) is 6.92 Å². The molecule has 2 N–H and O–H groups in total. The molecular formula is C16H18N2O. The number of carbonyl (C=O) groups is 1. The SMILES string of the molecule is Cc1cc(N)ccc1C(=O)N(C)Cc1ccccc1. The van der Waals surface area contributed by atoms with Gasteiger partial charge in [-0.25, -0.2) is 0 Å². The second kappa shape index (κ2) is 5.57. The van der Waals surface area contributed by atoms with E-state index in [4.69, 9.17) is 5.73 Å². The van der Waals surface area contributed by atoms with Gasteiger partial charge < -0.3 is 10.6 Å². The van der Waals surface area contributed by atoms with Gasteiger partial charge in [0, 0.05) is 24.8 Å². The summed E-state index contributed by atoms with van der Waals surface area (Å²) in [6.07, 6.45) is 0. The van der Waals surface area contributed by atoms with E-state index in [1.165, 1.54) is 0 Å². The quantitative estimate of drug-likeness (QED) is 0.856. The summed E-state index contributed by atoms with van der Waals surface area (Å²) < 4.78 is 0. The zero-order valence-electron chi connectivity index (χ0n) is 11.3. The van der Waals surface area contributed by atoms with Gasteiger partial charge in [0.2, 0.25) is 0 Å². The van der Waals surface area contributed by atoms with E-state index in [-0.39, 0.29) is 5.91 Å². The highest BCUT2D eigenvalue weighted by atomic mass is 16.2. The van der Waals surface area contributed by atoms with E-state index in [9.17, 15) is 4.79 Å². The summed E-state index contributed by atoms with van der Waals surface area (Å²) in [6, 6.07) is 15.3. The molecule has 0 fully saturated rings. The normalized spacial score (nSPS) is 10.2. The van der Waals surface area contributed by atoms with Crippen LogP contribution in [0.3, 0.4) is 0 Å². The molecule has 19 heavy (non-hydrogen) atoms. The van der Waals surface area contributed by atoms with Gasteiger partial charge in [-0.3, -0.25) is 4.79 Å². The fourth-order valence-electron chi connectivity index (χ4n) is 2.06. The van der Waals surface area contributed by atoms with Crippen molar-refractivity contribution in [2.45, 2.75) is 13.5 Å². The van der Waals surface area contributed by atoms with E-state index in [1.807, 2.05) is 50.4 Å². The van der Waals surface area contributed by atoms with Gasteiger partial charge in [0.05, 0.1) is 0 Å². The maximum atomic E-state index is 12.4. The lowest BCUT2D eigenvalue weighted by molar-refractivity contribution is 0.0784. The van der Waals surface area contributed by atoms with Crippen LogP contribution >= 0.6 is 0 Å². The van der Waals surface area contributed by atoms with E-state index >= 15 is 0 Å². The Kier molecular flexibility index (Phi) is 3.85. The first kappa shape index (κ1) is 13.1. The minimum Gasteiger partial charge on any atom is -0.399 e. The highest BCUT2D eigenvalue weighted by Gasteiger charge is 2.14. The van der Waals surface area contributed by atoms with E-state index in [0.717, 1.165) is 11.1 Å². The molecule has 98 valence electrons. The predicted octanol–water partition coefficient (Wildman–Crippen LogP) is 2.85. The lowest BCUT2D eigenvalue weighted by Gasteiger charge is -2.18. The number of aryl methyl sites for hydroxylation is 1. The number of nitrogens with zero attached hydrogens (tertiary/aromatic N) is 1. The van der Waals surface area contributed by atoms with Crippen molar-refractivity contribution in [3.63, 3.8) is 0 Å². The molecule has 0 heterocycles. The molecule has 0 saturated carbocycles. The highest BCUT2D eigenvalue weighted by molar-refractivity contribution is 5.95. The number of carbonyl (C=O) groups excluding carboxylic acids is 1. The lowest BCUT2D eigenvalue weighted by atomic mass is 10.1. The maximum absolute atomic E-state index is 12.4. The molecule has 0 spiro atoms. The molecule has 2 rings (SSSR count). The largest absolute Gasteiger partial charge is 0.399 e. The fraction of sp³-hybridized carbons (Fsp3) is 0.188. The number of rotatable bonds is 3. The predicted molar refractivity (Wildman–Crippen MR) is 77.8 cm³/mol. The zero-order valence-corrected chi connectivity index (χ0v) is 11.3. The van der Waals surface area contributed by atoms with Crippen LogP contribution in [0.25, 0.3) is 0 Å². The number of anilines is 1. The summed E-state index contributed by atoms with van der Waals surface area (Å²) in [5.74, 6) is 0.0151. The van der Waals surface area contributed by atoms with E-state index < -0.39 is 0 Å². The Hall–Kier alpha value is -2.29. The minimum absolute atomic E-state index is 0.0151. The Balaban J connectivity index is 2.15. The summed E-state index contributed by atoms with van der Waals surface area (Å²) in [4.78, 5) is 14.1. The number of amides is 1. The highest BCUT2D eigenvalue weighted by Crippen LogP contribution is 2.15. The zero-order chi connectivity index (χ0) is 13.8. The van der Waals surface area contributed by atoms with E-state index in [1.54, 1.807) is 17.0 Å². The van der Waals surface area contributed by atoms with Crippen LogP contribution in [-0.4, -0.2) is 17.9 Å². The third-order valence-electron chi connectivity index (χ3n) is 3.09. The van der Waals surface area contributed by atoms with Gasteiger partial charge in [-0.05, 0) is 36.2 Å². The number of hydrogen-bond acceptors (Lipinski definition) is 2. The Bertz CT molecular complexity index is 579. The Morgan fingerprint density at radius 2 is 1.84 bits per heavy atom. The number of benzene rings is 2. The molecular weight excluding hydrogens is 236 g/mol. The van der Waals surface area contributed by atoms with Crippen LogP contribution in [0.15, 0.2) is 48.5 Å². The van der Waals surface area contributed by atoms with Crippen molar-refractivity contribution < 1.29 is 4.79 Å². The van der Waals surface area contributed by atoms with Gasteiger partial charge in [-0.15, -0.1) is 0 Å². The first-order valence-electron chi connectivity index (χ1n) is 6.23. The number of hydrogen-bond donors (Lipinski definition) is 1. The standard InChI is InChI=1S/C16H18N2O/c1-12-10-14(17)8-9-15(12)16(19)18(2)11-13-6-4-3-5-7-13/h3-10H,11,17H2,1-2H3. The van der Waals surface area contributed by atoms with Crippen molar-refractivity contribution in [3.05, 3.63) is 65.2 Å². The molecule has 0 saturated heterocycles. The first-order chi connectivity index (χ1) is 9.08. The minimum atomic E-state index is 0.0151. The third-order valence-corrected chi connectivity index (χ3v) is 3.09. The van der Waals surface area contributed by atoms with Crippen LogP contribution in [0.2, 0.25) is 0 Å². The molecule has 0 aliphatic carbocycles. The van der Waals surface area contributed by atoms with Crippen molar-refractivity contribution in [2.24, 2.45) is 0 Å². The van der Waals surface area contributed by atoms with Crippen LogP contribution in [-0.2, 0) is 6.54 Å². The number of nitrogens with two attached hydrogens (primary N) is 1. The molecule has 1 amide bonds. The summed E-state index contributed by atoms with van der Waals surface area (Å²) in [5, 5.41) is 0. The average molecular weight is 254 g/mol. The molecule has 3 heteroatoms. The fourth-order valence-corrected chi connectivity index (χ4v) is 2.06. The van der Waals surface area contributed by atoms with Gasteiger partial charge in [0.1, 0.15) is 0 Å². The molecule has 0 aromatic heterocycles.